The maximum absolute atomic E-state index is 13.2. The normalized spacial score (nSPS) is 10.8. The number of H-pyrrole nitrogens is 1. The van der Waals surface area contributed by atoms with Crippen molar-refractivity contribution in [1.82, 2.24) is 14.9 Å². The molecule has 0 radical (unpaired) electrons. The number of aromatic amines is 1. The lowest BCUT2D eigenvalue weighted by Gasteiger charge is -2.10. The monoisotopic (exact) mass is 419 g/mol. The second-order valence-electron chi connectivity index (χ2n) is 6.80. The Hall–Kier alpha value is -3.58. The SMILES string of the molecule is O=C(NCCc1cccc(F)c1)c1ccc2c(=O)n(-c3ccccc3)c(=S)[nH]c2c1. The lowest BCUT2D eigenvalue weighted by atomic mass is 10.1. The maximum atomic E-state index is 13.2. The number of benzene rings is 3. The third-order valence-electron chi connectivity index (χ3n) is 4.76. The average Bonchev–Trinajstić information content (AvgIpc) is 2.74. The lowest BCUT2D eigenvalue weighted by Crippen LogP contribution is -2.26. The van der Waals surface area contributed by atoms with Crippen LogP contribution in [0.4, 0.5) is 4.39 Å². The Morgan fingerprint density at radius 2 is 1.83 bits per heavy atom. The molecule has 0 aliphatic rings. The van der Waals surface area contributed by atoms with Crippen molar-refractivity contribution in [2.24, 2.45) is 0 Å². The lowest BCUT2D eigenvalue weighted by molar-refractivity contribution is 0.0954. The molecule has 4 aromatic rings. The number of fused-ring (bicyclic) bond motifs is 1. The van der Waals surface area contributed by atoms with Gasteiger partial charge in [-0.05, 0) is 66.7 Å². The zero-order valence-electron chi connectivity index (χ0n) is 15.9. The molecule has 0 fully saturated rings. The van der Waals surface area contributed by atoms with Crippen molar-refractivity contribution >= 4 is 29.0 Å². The zero-order valence-corrected chi connectivity index (χ0v) is 16.7. The topological polar surface area (TPSA) is 66.9 Å². The summed E-state index contributed by atoms with van der Waals surface area (Å²) in [5, 5.41) is 3.25. The van der Waals surface area contributed by atoms with E-state index in [1.165, 1.54) is 16.7 Å². The third-order valence-corrected chi connectivity index (χ3v) is 5.05. The molecule has 3 aromatic carbocycles. The van der Waals surface area contributed by atoms with E-state index in [-0.39, 0.29) is 22.1 Å². The number of hydrogen-bond acceptors (Lipinski definition) is 3. The highest BCUT2D eigenvalue weighted by Crippen LogP contribution is 2.13. The second kappa shape index (κ2) is 8.42. The standard InChI is InChI=1S/C23H18FN3O2S/c24-17-6-4-5-15(13-17)11-12-25-21(28)16-9-10-19-20(14-16)26-23(30)27(22(19)29)18-7-2-1-3-8-18/h1-10,13-14H,11-12H2,(H,25,28)(H,26,30). The molecule has 30 heavy (non-hydrogen) atoms. The molecule has 7 heteroatoms. The van der Waals surface area contributed by atoms with E-state index in [4.69, 9.17) is 12.2 Å². The van der Waals surface area contributed by atoms with Gasteiger partial charge in [-0.25, -0.2) is 4.39 Å². The number of nitrogens with one attached hydrogen (secondary N) is 2. The van der Waals surface area contributed by atoms with E-state index in [9.17, 15) is 14.0 Å². The fraction of sp³-hybridized carbons (Fsp3) is 0.0870. The van der Waals surface area contributed by atoms with Gasteiger partial charge in [0.15, 0.2) is 4.77 Å². The average molecular weight is 419 g/mol. The Morgan fingerprint density at radius 3 is 2.60 bits per heavy atom. The molecule has 5 nitrogen and oxygen atoms in total. The van der Waals surface area contributed by atoms with Crippen molar-refractivity contribution in [3.63, 3.8) is 0 Å². The van der Waals surface area contributed by atoms with Gasteiger partial charge in [0.05, 0.1) is 16.6 Å². The van der Waals surface area contributed by atoms with Gasteiger partial charge in [0.25, 0.3) is 11.5 Å². The third kappa shape index (κ3) is 4.06. The van der Waals surface area contributed by atoms with Crippen LogP contribution in [0.5, 0.6) is 0 Å². The van der Waals surface area contributed by atoms with Crippen LogP contribution < -0.4 is 10.9 Å². The van der Waals surface area contributed by atoms with Gasteiger partial charge >= 0.3 is 0 Å². The summed E-state index contributed by atoms with van der Waals surface area (Å²) in [5.41, 5.74) is 2.13. The van der Waals surface area contributed by atoms with Crippen LogP contribution in [0.15, 0.2) is 77.6 Å². The van der Waals surface area contributed by atoms with Crippen molar-refractivity contribution in [3.8, 4) is 5.69 Å². The summed E-state index contributed by atoms with van der Waals surface area (Å²) in [6, 6.07) is 20.2. The van der Waals surface area contributed by atoms with Gasteiger partial charge in [-0.3, -0.25) is 14.2 Å². The highest BCUT2D eigenvalue weighted by atomic mass is 32.1. The Balaban J connectivity index is 1.57. The number of halogens is 1. The Bertz CT molecular complexity index is 1350. The summed E-state index contributed by atoms with van der Waals surface area (Å²) in [7, 11) is 0. The smallest absolute Gasteiger partial charge is 0.266 e. The molecule has 0 atom stereocenters. The summed E-state index contributed by atoms with van der Waals surface area (Å²) in [5.74, 6) is -0.579. The number of aromatic nitrogens is 2. The van der Waals surface area contributed by atoms with E-state index in [2.05, 4.69) is 10.3 Å². The predicted octanol–water partition coefficient (Wildman–Crippen LogP) is 4.16. The summed E-state index contributed by atoms with van der Waals surface area (Å²) < 4.78 is 14.9. The van der Waals surface area contributed by atoms with Gasteiger partial charge in [0, 0.05) is 12.1 Å². The summed E-state index contributed by atoms with van der Waals surface area (Å²) in [4.78, 5) is 28.5. The Labute approximate surface area is 176 Å². The van der Waals surface area contributed by atoms with Crippen LogP contribution in [0.25, 0.3) is 16.6 Å². The number of rotatable bonds is 5. The van der Waals surface area contributed by atoms with Crippen LogP contribution in [-0.4, -0.2) is 22.0 Å². The molecule has 4 rings (SSSR count). The van der Waals surface area contributed by atoms with E-state index in [1.54, 1.807) is 36.4 Å². The first-order valence-corrected chi connectivity index (χ1v) is 9.81. The molecular formula is C23H18FN3O2S. The fourth-order valence-electron chi connectivity index (χ4n) is 3.29. The highest BCUT2D eigenvalue weighted by molar-refractivity contribution is 7.71. The fourth-order valence-corrected chi connectivity index (χ4v) is 3.58. The molecule has 0 aliphatic carbocycles. The van der Waals surface area contributed by atoms with Crippen LogP contribution in [0.2, 0.25) is 0 Å². The van der Waals surface area contributed by atoms with Crippen LogP contribution in [-0.2, 0) is 6.42 Å². The molecule has 0 spiro atoms. The molecule has 1 heterocycles. The zero-order chi connectivity index (χ0) is 21.1. The first-order valence-electron chi connectivity index (χ1n) is 9.40. The van der Waals surface area contributed by atoms with E-state index >= 15 is 0 Å². The largest absolute Gasteiger partial charge is 0.352 e. The molecule has 0 saturated carbocycles. The van der Waals surface area contributed by atoms with Crippen molar-refractivity contribution in [1.29, 1.82) is 0 Å². The molecule has 150 valence electrons. The predicted molar refractivity (Wildman–Crippen MR) is 117 cm³/mol. The van der Waals surface area contributed by atoms with Gasteiger partial charge in [-0.15, -0.1) is 0 Å². The number of para-hydroxylation sites is 1. The summed E-state index contributed by atoms with van der Waals surface area (Å²) in [6.07, 6.45) is 0.515. The van der Waals surface area contributed by atoms with Crippen LogP contribution in [0.3, 0.4) is 0 Å². The van der Waals surface area contributed by atoms with Crippen LogP contribution in [0, 0.1) is 10.6 Å². The van der Waals surface area contributed by atoms with Gasteiger partial charge in [0.2, 0.25) is 0 Å². The minimum atomic E-state index is -0.301. The number of nitrogens with zero attached hydrogens (tertiary/aromatic N) is 1. The Morgan fingerprint density at radius 1 is 1.03 bits per heavy atom. The molecule has 1 aromatic heterocycles. The summed E-state index contributed by atoms with van der Waals surface area (Å²) in [6.45, 7) is 0.367. The Kier molecular flexibility index (Phi) is 5.54. The van der Waals surface area contributed by atoms with E-state index in [1.807, 2.05) is 24.3 Å². The van der Waals surface area contributed by atoms with Crippen molar-refractivity contribution < 1.29 is 9.18 Å². The van der Waals surface area contributed by atoms with Gasteiger partial charge in [-0.2, -0.15) is 0 Å². The van der Waals surface area contributed by atoms with Crippen molar-refractivity contribution in [3.05, 3.63) is 105 Å². The van der Waals surface area contributed by atoms with Crippen LogP contribution in [0.1, 0.15) is 15.9 Å². The minimum Gasteiger partial charge on any atom is -0.352 e. The quantitative estimate of drug-likeness (QED) is 0.478. The molecule has 0 unspecified atom stereocenters. The van der Waals surface area contributed by atoms with E-state index in [0.717, 1.165) is 5.56 Å². The number of carbonyl (C=O) groups is 1. The molecule has 1 amide bonds. The first kappa shape index (κ1) is 19.7. The maximum Gasteiger partial charge on any atom is 0.266 e. The molecule has 2 N–H and O–H groups in total. The van der Waals surface area contributed by atoms with Crippen LogP contribution >= 0.6 is 12.2 Å². The van der Waals surface area contributed by atoms with Gasteiger partial charge in [0.1, 0.15) is 5.82 Å². The molecule has 0 saturated heterocycles. The van der Waals surface area contributed by atoms with E-state index in [0.29, 0.717) is 35.1 Å². The molecule has 0 bridgehead atoms. The second-order valence-corrected chi connectivity index (χ2v) is 7.19. The number of hydrogen-bond donors (Lipinski definition) is 2. The summed E-state index contributed by atoms with van der Waals surface area (Å²) >= 11 is 5.37. The first-order chi connectivity index (χ1) is 14.5. The number of amides is 1. The highest BCUT2D eigenvalue weighted by Gasteiger charge is 2.11. The van der Waals surface area contributed by atoms with Crippen molar-refractivity contribution in [2.45, 2.75) is 6.42 Å². The number of carbonyl (C=O) groups excluding carboxylic acids is 1. The van der Waals surface area contributed by atoms with E-state index < -0.39 is 0 Å². The van der Waals surface area contributed by atoms with Gasteiger partial charge < -0.3 is 10.3 Å². The minimum absolute atomic E-state index is 0.252. The van der Waals surface area contributed by atoms with Crippen molar-refractivity contribution in [2.75, 3.05) is 6.54 Å². The molecule has 0 aliphatic heterocycles. The van der Waals surface area contributed by atoms with Gasteiger partial charge in [-0.1, -0.05) is 30.3 Å². The molecular weight excluding hydrogens is 401 g/mol.